The first kappa shape index (κ1) is 7.09. The summed E-state index contributed by atoms with van der Waals surface area (Å²) in [5.74, 6) is 0. The molecule has 3 N–H and O–H groups in total. The Morgan fingerprint density at radius 3 is 2.83 bits per heavy atom. The SMILES string of the molecule is Cc1cc(N)c2n[nH]c(C)c2n1. The normalized spacial score (nSPS) is 10.8. The molecule has 0 fully saturated rings. The van der Waals surface area contributed by atoms with Crippen LogP contribution in [-0.2, 0) is 0 Å². The molecule has 2 rings (SSSR count). The Morgan fingerprint density at radius 2 is 2.08 bits per heavy atom. The highest BCUT2D eigenvalue weighted by atomic mass is 15.1. The number of nitrogens with zero attached hydrogens (tertiary/aromatic N) is 2. The molecule has 12 heavy (non-hydrogen) atoms. The molecule has 0 spiro atoms. The largest absolute Gasteiger partial charge is 0.397 e. The number of rotatable bonds is 0. The fraction of sp³-hybridized carbons (Fsp3) is 0.250. The van der Waals surface area contributed by atoms with E-state index in [2.05, 4.69) is 15.2 Å². The van der Waals surface area contributed by atoms with Gasteiger partial charge in [0.2, 0.25) is 0 Å². The lowest BCUT2D eigenvalue weighted by molar-refractivity contribution is 1.07. The van der Waals surface area contributed by atoms with Crippen LogP contribution in [0.1, 0.15) is 11.4 Å². The molecule has 0 aliphatic carbocycles. The molecule has 0 unspecified atom stereocenters. The lowest BCUT2D eigenvalue weighted by Gasteiger charge is -1.96. The maximum Gasteiger partial charge on any atom is 0.134 e. The molecule has 2 aromatic heterocycles. The summed E-state index contributed by atoms with van der Waals surface area (Å²) in [7, 11) is 0. The quantitative estimate of drug-likeness (QED) is 0.610. The van der Waals surface area contributed by atoms with E-state index in [0.29, 0.717) is 5.69 Å². The minimum atomic E-state index is 0.682. The summed E-state index contributed by atoms with van der Waals surface area (Å²) in [6, 6.07) is 1.82. The zero-order chi connectivity index (χ0) is 8.72. The zero-order valence-electron chi connectivity index (χ0n) is 7.05. The summed E-state index contributed by atoms with van der Waals surface area (Å²) in [5.41, 5.74) is 9.94. The minimum absolute atomic E-state index is 0.682. The van der Waals surface area contributed by atoms with E-state index in [1.807, 2.05) is 19.9 Å². The van der Waals surface area contributed by atoms with E-state index in [-0.39, 0.29) is 0 Å². The van der Waals surface area contributed by atoms with Gasteiger partial charge in [0, 0.05) is 5.69 Å². The van der Waals surface area contributed by atoms with Crippen LogP contribution in [0.25, 0.3) is 11.0 Å². The monoisotopic (exact) mass is 162 g/mol. The molecule has 0 aromatic carbocycles. The summed E-state index contributed by atoms with van der Waals surface area (Å²) in [5, 5.41) is 6.90. The van der Waals surface area contributed by atoms with Crippen molar-refractivity contribution in [3.8, 4) is 0 Å². The minimum Gasteiger partial charge on any atom is -0.397 e. The maximum atomic E-state index is 5.75. The van der Waals surface area contributed by atoms with Gasteiger partial charge in [-0.15, -0.1) is 0 Å². The van der Waals surface area contributed by atoms with Crippen molar-refractivity contribution >= 4 is 16.7 Å². The third kappa shape index (κ3) is 0.845. The molecule has 4 heteroatoms. The number of nitrogen functional groups attached to an aromatic ring is 1. The van der Waals surface area contributed by atoms with Crippen LogP contribution < -0.4 is 5.73 Å². The first-order chi connectivity index (χ1) is 5.68. The lowest BCUT2D eigenvalue weighted by Crippen LogP contribution is -1.90. The van der Waals surface area contributed by atoms with Crippen molar-refractivity contribution in [3.05, 3.63) is 17.5 Å². The Bertz CT molecular complexity index is 430. The topological polar surface area (TPSA) is 67.6 Å². The number of hydrogen-bond acceptors (Lipinski definition) is 3. The van der Waals surface area contributed by atoms with E-state index in [1.165, 1.54) is 0 Å². The number of anilines is 1. The molecule has 2 aromatic rings. The second kappa shape index (κ2) is 2.20. The third-order valence-electron chi connectivity index (χ3n) is 1.84. The molecule has 0 amide bonds. The van der Waals surface area contributed by atoms with Gasteiger partial charge in [0.25, 0.3) is 0 Å². The van der Waals surface area contributed by atoms with Crippen molar-refractivity contribution in [2.75, 3.05) is 5.73 Å². The number of nitrogens with one attached hydrogen (secondary N) is 1. The molecular weight excluding hydrogens is 152 g/mol. The molecule has 0 bridgehead atoms. The van der Waals surface area contributed by atoms with Gasteiger partial charge >= 0.3 is 0 Å². The van der Waals surface area contributed by atoms with Crippen LogP contribution in [0, 0.1) is 13.8 Å². The molecule has 0 saturated carbocycles. The van der Waals surface area contributed by atoms with E-state index in [0.717, 1.165) is 22.4 Å². The molecule has 62 valence electrons. The fourth-order valence-electron chi connectivity index (χ4n) is 1.26. The highest BCUT2D eigenvalue weighted by molar-refractivity contribution is 5.87. The molecule has 0 saturated heterocycles. The third-order valence-corrected chi connectivity index (χ3v) is 1.84. The van der Waals surface area contributed by atoms with E-state index >= 15 is 0 Å². The Hall–Kier alpha value is -1.58. The van der Waals surface area contributed by atoms with Gasteiger partial charge in [-0.25, -0.2) is 4.98 Å². The van der Waals surface area contributed by atoms with Crippen molar-refractivity contribution in [2.45, 2.75) is 13.8 Å². The summed E-state index contributed by atoms with van der Waals surface area (Å²) >= 11 is 0. The molecule has 0 radical (unpaired) electrons. The number of pyridine rings is 1. The maximum absolute atomic E-state index is 5.75. The average molecular weight is 162 g/mol. The van der Waals surface area contributed by atoms with Crippen LogP contribution in [0.5, 0.6) is 0 Å². The van der Waals surface area contributed by atoms with Crippen molar-refractivity contribution in [2.24, 2.45) is 0 Å². The summed E-state index contributed by atoms with van der Waals surface area (Å²) < 4.78 is 0. The molecule has 4 nitrogen and oxygen atoms in total. The van der Waals surface area contributed by atoms with Crippen LogP contribution in [0.4, 0.5) is 5.69 Å². The van der Waals surface area contributed by atoms with Gasteiger partial charge in [-0.1, -0.05) is 0 Å². The summed E-state index contributed by atoms with van der Waals surface area (Å²) in [6.45, 7) is 3.85. The van der Waals surface area contributed by atoms with E-state index in [4.69, 9.17) is 5.73 Å². The van der Waals surface area contributed by atoms with Crippen LogP contribution >= 0.6 is 0 Å². The Kier molecular flexibility index (Phi) is 1.30. The van der Waals surface area contributed by atoms with Crippen molar-refractivity contribution in [1.29, 1.82) is 0 Å². The van der Waals surface area contributed by atoms with Gasteiger partial charge in [-0.3, -0.25) is 5.10 Å². The first-order valence-corrected chi connectivity index (χ1v) is 3.76. The second-order valence-corrected chi connectivity index (χ2v) is 2.90. The number of aryl methyl sites for hydroxylation is 2. The second-order valence-electron chi connectivity index (χ2n) is 2.90. The highest BCUT2D eigenvalue weighted by Crippen LogP contribution is 2.19. The summed E-state index contributed by atoms with van der Waals surface area (Å²) in [4.78, 5) is 4.32. The Labute approximate surface area is 69.8 Å². The smallest absolute Gasteiger partial charge is 0.134 e. The van der Waals surface area contributed by atoms with Gasteiger partial charge in [0.1, 0.15) is 11.0 Å². The van der Waals surface area contributed by atoms with Crippen molar-refractivity contribution < 1.29 is 0 Å². The fourth-order valence-corrected chi connectivity index (χ4v) is 1.26. The van der Waals surface area contributed by atoms with Gasteiger partial charge in [-0.05, 0) is 19.9 Å². The number of hydrogen-bond donors (Lipinski definition) is 2. The van der Waals surface area contributed by atoms with E-state index in [9.17, 15) is 0 Å². The van der Waals surface area contributed by atoms with Crippen LogP contribution in [0.2, 0.25) is 0 Å². The van der Waals surface area contributed by atoms with Crippen molar-refractivity contribution in [1.82, 2.24) is 15.2 Å². The number of H-pyrrole nitrogens is 1. The number of nitrogens with two attached hydrogens (primary N) is 1. The van der Waals surface area contributed by atoms with E-state index < -0.39 is 0 Å². The van der Waals surface area contributed by atoms with Gasteiger partial charge < -0.3 is 5.73 Å². The van der Waals surface area contributed by atoms with Crippen LogP contribution in [0.3, 0.4) is 0 Å². The Morgan fingerprint density at radius 1 is 1.33 bits per heavy atom. The molecule has 0 aliphatic heterocycles. The number of aromatic amines is 1. The van der Waals surface area contributed by atoms with Gasteiger partial charge in [0.05, 0.1) is 11.4 Å². The van der Waals surface area contributed by atoms with Crippen LogP contribution in [0.15, 0.2) is 6.07 Å². The molecule has 0 atom stereocenters. The zero-order valence-corrected chi connectivity index (χ0v) is 7.05. The number of fused-ring (bicyclic) bond motifs is 1. The highest BCUT2D eigenvalue weighted by Gasteiger charge is 2.06. The molecule has 0 aliphatic rings. The van der Waals surface area contributed by atoms with Crippen molar-refractivity contribution in [3.63, 3.8) is 0 Å². The van der Waals surface area contributed by atoms with Crippen LogP contribution in [-0.4, -0.2) is 15.2 Å². The lowest BCUT2D eigenvalue weighted by atomic mass is 10.2. The van der Waals surface area contributed by atoms with Gasteiger partial charge in [0.15, 0.2) is 0 Å². The van der Waals surface area contributed by atoms with Gasteiger partial charge in [-0.2, -0.15) is 5.10 Å². The predicted octanol–water partition coefficient (Wildman–Crippen LogP) is 1.16. The Balaban J connectivity index is 2.92. The molecule has 2 heterocycles. The average Bonchev–Trinajstić information content (AvgIpc) is 2.33. The first-order valence-electron chi connectivity index (χ1n) is 3.76. The molecular formula is C8H10N4. The number of aromatic nitrogens is 3. The predicted molar refractivity (Wildman–Crippen MR) is 47.8 cm³/mol. The summed E-state index contributed by atoms with van der Waals surface area (Å²) in [6.07, 6.45) is 0. The standard InChI is InChI=1S/C8H10N4/c1-4-3-6(9)8-7(10-4)5(2)11-12-8/h3H,1-2H3,(H2,9,10)(H,11,12). The van der Waals surface area contributed by atoms with E-state index in [1.54, 1.807) is 0 Å².